The van der Waals surface area contributed by atoms with E-state index in [1.807, 2.05) is 17.0 Å². The van der Waals surface area contributed by atoms with Gasteiger partial charge in [0.05, 0.1) is 0 Å². The first-order valence-corrected chi connectivity index (χ1v) is 7.58. The molecule has 1 aromatic rings. The summed E-state index contributed by atoms with van der Waals surface area (Å²) in [6.45, 7) is 7.81. The summed E-state index contributed by atoms with van der Waals surface area (Å²) >= 11 is 0. The van der Waals surface area contributed by atoms with Crippen LogP contribution in [0.25, 0.3) is 0 Å². The Morgan fingerprint density at radius 1 is 1.20 bits per heavy atom. The monoisotopic (exact) mass is 277 g/mol. The lowest BCUT2D eigenvalue weighted by Crippen LogP contribution is -2.33. The molecule has 1 aromatic carbocycles. The van der Waals surface area contributed by atoms with E-state index in [-0.39, 0.29) is 11.7 Å². The lowest BCUT2D eigenvalue weighted by molar-refractivity contribution is -0.132. The van der Waals surface area contributed by atoms with Gasteiger partial charge >= 0.3 is 0 Å². The number of nitrogens with zero attached hydrogens (tertiary/aromatic N) is 1. The topological polar surface area (TPSA) is 40.5 Å². The summed E-state index contributed by atoms with van der Waals surface area (Å²) in [5.41, 5.74) is 1.06. The van der Waals surface area contributed by atoms with Crippen molar-refractivity contribution in [3.8, 4) is 5.75 Å². The molecule has 112 valence electrons. The molecule has 0 radical (unpaired) electrons. The molecular formula is C17H27NO2. The van der Waals surface area contributed by atoms with Gasteiger partial charge in [-0.3, -0.25) is 4.79 Å². The molecule has 0 aliphatic heterocycles. The third-order valence-corrected chi connectivity index (χ3v) is 3.24. The third-order valence-electron chi connectivity index (χ3n) is 3.24. The van der Waals surface area contributed by atoms with Crippen LogP contribution in [0.15, 0.2) is 24.3 Å². The van der Waals surface area contributed by atoms with Crippen LogP contribution in [0.3, 0.4) is 0 Å². The predicted molar refractivity (Wildman–Crippen MR) is 82.5 cm³/mol. The first kappa shape index (κ1) is 16.5. The smallest absolute Gasteiger partial charge is 0.222 e. The van der Waals surface area contributed by atoms with Crippen LogP contribution in [0.4, 0.5) is 0 Å². The molecule has 0 spiro atoms. The number of hydrogen-bond donors (Lipinski definition) is 1. The lowest BCUT2D eigenvalue weighted by Gasteiger charge is -2.25. The molecule has 0 fully saturated rings. The molecule has 0 unspecified atom stereocenters. The molecule has 0 aliphatic rings. The molecule has 0 aromatic heterocycles. The van der Waals surface area contributed by atoms with Crippen molar-refractivity contribution in [2.24, 2.45) is 5.92 Å². The minimum absolute atomic E-state index is 0.236. The van der Waals surface area contributed by atoms with Crippen molar-refractivity contribution < 1.29 is 9.90 Å². The largest absolute Gasteiger partial charge is 0.508 e. The van der Waals surface area contributed by atoms with Crippen molar-refractivity contribution in [1.29, 1.82) is 0 Å². The van der Waals surface area contributed by atoms with Gasteiger partial charge in [0.2, 0.25) is 5.91 Å². The first-order valence-electron chi connectivity index (χ1n) is 7.58. The maximum Gasteiger partial charge on any atom is 0.222 e. The zero-order valence-corrected chi connectivity index (χ0v) is 12.9. The number of amides is 1. The van der Waals surface area contributed by atoms with Gasteiger partial charge in [-0.05, 0) is 30.0 Å². The van der Waals surface area contributed by atoms with E-state index in [0.29, 0.717) is 18.9 Å². The Morgan fingerprint density at radius 3 is 2.40 bits per heavy atom. The summed E-state index contributed by atoms with van der Waals surface area (Å²) < 4.78 is 0. The number of phenolic OH excluding ortho intramolecular Hbond substituents is 1. The normalized spacial score (nSPS) is 10.8. The molecule has 0 saturated carbocycles. The number of carbonyl (C=O) groups excluding carboxylic acids is 1. The fourth-order valence-corrected chi connectivity index (χ4v) is 2.20. The van der Waals surface area contributed by atoms with Crippen LogP contribution >= 0.6 is 0 Å². The van der Waals surface area contributed by atoms with E-state index in [2.05, 4.69) is 20.8 Å². The van der Waals surface area contributed by atoms with Crippen molar-refractivity contribution >= 4 is 5.91 Å². The Bertz CT molecular complexity index is 398. The fraction of sp³-hybridized carbons (Fsp3) is 0.588. The number of benzene rings is 1. The summed E-state index contributed by atoms with van der Waals surface area (Å²) in [6, 6.07) is 7.10. The van der Waals surface area contributed by atoms with E-state index in [1.54, 1.807) is 12.1 Å². The molecule has 0 saturated heterocycles. The van der Waals surface area contributed by atoms with Crippen molar-refractivity contribution in [3.05, 3.63) is 29.8 Å². The number of unbranched alkanes of at least 4 members (excludes halogenated alkanes) is 2. The van der Waals surface area contributed by atoms with Gasteiger partial charge in [-0.15, -0.1) is 0 Å². The van der Waals surface area contributed by atoms with Crippen LogP contribution < -0.4 is 0 Å². The molecule has 1 amide bonds. The average Bonchev–Trinajstić information content (AvgIpc) is 2.40. The second-order valence-corrected chi connectivity index (χ2v) is 5.79. The van der Waals surface area contributed by atoms with E-state index in [4.69, 9.17) is 0 Å². The number of rotatable bonds is 8. The lowest BCUT2D eigenvalue weighted by atomic mass is 10.1. The van der Waals surface area contributed by atoms with Crippen molar-refractivity contribution in [2.45, 2.75) is 53.0 Å². The Kier molecular flexibility index (Phi) is 7.13. The molecule has 3 heteroatoms. The first-order chi connectivity index (χ1) is 9.52. The van der Waals surface area contributed by atoms with Crippen LogP contribution in [0.5, 0.6) is 5.75 Å². The Morgan fingerprint density at radius 2 is 1.85 bits per heavy atom. The van der Waals surface area contributed by atoms with Crippen LogP contribution in [-0.4, -0.2) is 22.5 Å². The third kappa shape index (κ3) is 6.09. The van der Waals surface area contributed by atoms with Crippen LogP contribution in [-0.2, 0) is 11.3 Å². The number of carbonyl (C=O) groups is 1. The van der Waals surface area contributed by atoms with Gasteiger partial charge in [-0.2, -0.15) is 0 Å². The Hall–Kier alpha value is -1.51. The molecule has 1 rings (SSSR count). The molecule has 0 atom stereocenters. The standard InChI is InChI=1S/C17H27NO2/c1-4-5-6-7-17(20)18(12-14(2)3)13-15-8-10-16(19)11-9-15/h8-11,14,19H,4-7,12-13H2,1-3H3. The summed E-state index contributed by atoms with van der Waals surface area (Å²) in [4.78, 5) is 14.2. The van der Waals surface area contributed by atoms with E-state index in [1.165, 1.54) is 0 Å². The van der Waals surface area contributed by atoms with E-state index >= 15 is 0 Å². The molecule has 0 heterocycles. The fourth-order valence-electron chi connectivity index (χ4n) is 2.20. The van der Waals surface area contributed by atoms with Crippen molar-refractivity contribution in [1.82, 2.24) is 4.90 Å². The van der Waals surface area contributed by atoms with E-state index in [0.717, 1.165) is 31.4 Å². The van der Waals surface area contributed by atoms with Gasteiger partial charge in [0.25, 0.3) is 0 Å². The highest BCUT2D eigenvalue weighted by atomic mass is 16.3. The summed E-state index contributed by atoms with van der Waals surface area (Å²) in [7, 11) is 0. The molecule has 0 aliphatic carbocycles. The maximum atomic E-state index is 12.3. The zero-order chi connectivity index (χ0) is 15.0. The number of aromatic hydroxyl groups is 1. The summed E-state index contributed by atoms with van der Waals surface area (Å²) in [5, 5.41) is 9.31. The zero-order valence-electron chi connectivity index (χ0n) is 12.9. The highest BCUT2D eigenvalue weighted by molar-refractivity contribution is 5.76. The van der Waals surface area contributed by atoms with Gasteiger partial charge in [0.15, 0.2) is 0 Å². The van der Waals surface area contributed by atoms with E-state index < -0.39 is 0 Å². The number of hydrogen-bond acceptors (Lipinski definition) is 2. The quantitative estimate of drug-likeness (QED) is 0.731. The second-order valence-electron chi connectivity index (χ2n) is 5.79. The molecule has 0 bridgehead atoms. The summed E-state index contributed by atoms with van der Waals surface area (Å²) in [5.74, 6) is 0.959. The Labute approximate surface area is 122 Å². The van der Waals surface area contributed by atoms with Crippen LogP contribution in [0.2, 0.25) is 0 Å². The molecule has 1 N–H and O–H groups in total. The van der Waals surface area contributed by atoms with Gasteiger partial charge in [0, 0.05) is 19.5 Å². The Balaban J connectivity index is 2.63. The van der Waals surface area contributed by atoms with Crippen molar-refractivity contribution in [2.75, 3.05) is 6.54 Å². The average molecular weight is 277 g/mol. The van der Waals surface area contributed by atoms with Crippen LogP contribution in [0.1, 0.15) is 52.0 Å². The van der Waals surface area contributed by atoms with Crippen molar-refractivity contribution in [3.63, 3.8) is 0 Å². The summed E-state index contributed by atoms with van der Waals surface area (Å²) in [6.07, 6.45) is 3.86. The van der Waals surface area contributed by atoms with E-state index in [9.17, 15) is 9.90 Å². The van der Waals surface area contributed by atoms with Gasteiger partial charge in [-0.25, -0.2) is 0 Å². The molecule has 20 heavy (non-hydrogen) atoms. The minimum atomic E-state index is 0.236. The minimum Gasteiger partial charge on any atom is -0.508 e. The molecule has 3 nitrogen and oxygen atoms in total. The van der Waals surface area contributed by atoms with Crippen LogP contribution in [0, 0.1) is 5.92 Å². The highest BCUT2D eigenvalue weighted by Crippen LogP contribution is 2.14. The van der Waals surface area contributed by atoms with Gasteiger partial charge < -0.3 is 10.0 Å². The maximum absolute atomic E-state index is 12.3. The van der Waals surface area contributed by atoms with Gasteiger partial charge in [-0.1, -0.05) is 45.7 Å². The SMILES string of the molecule is CCCCCC(=O)N(Cc1ccc(O)cc1)CC(C)C. The van der Waals surface area contributed by atoms with Gasteiger partial charge in [0.1, 0.15) is 5.75 Å². The molecular weight excluding hydrogens is 250 g/mol. The number of phenols is 1. The highest BCUT2D eigenvalue weighted by Gasteiger charge is 2.15. The predicted octanol–water partition coefficient (Wildman–Crippen LogP) is 3.96. The second kappa shape index (κ2) is 8.62.